The molecule has 3 N–H and O–H groups in total. The van der Waals surface area contributed by atoms with Crippen LogP contribution in [0.25, 0.3) is 0 Å². The number of benzene rings is 1. The maximum Gasteiger partial charge on any atom is 0.146 e. The van der Waals surface area contributed by atoms with Crippen LogP contribution in [0.1, 0.15) is 6.92 Å². The standard InChI is InChI=1S/C9H11FN2/c1-2-5-12-7-3-4-8(10)9(11)6-7/h2-6,12H,11H2,1H3. The molecule has 0 aliphatic rings. The van der Waals surface area contributed by atoms with Crippen LogP contribution in [0.5, 0.6) is 0 Å². The minimum absolute atomic E-state index is 0.157. The highest BCUT2D eigenvalue weighted by Gasteiger charge is 1.96. The summed E-state index contributed by atoms with van der Waals surface area (Å²) in [7, 11) is 0. The zero-order chi connectivity index (χ0) is 8.97. The first-order valence-electron chi connectivity index (χ1n) is 3.67. The summed E-state index contributed by atoms with van der Waals surface area (Å²) in [5.74, 6) is -0.388. The molecule has 2 nitrogen and oxygen atoms in total. The molecule has 0 atom stereocenters. The van der Waals surface area contributed by atoms with Gasteiger partial charge in [0.25, 0.3) is 0 Å². The van der Waals surface area contributed by atoms with Crippen LogP contribution in [-0.4, -0.2) is 0 Å². The molecule has 1 aromatic carbocycles. The molecule has 0 fully saturated rings. The molecule has 0 radical (unpaired) electrons. The number of halogens is 1. The number of anilines is 2. The van der Waals surface area contributed by atoms with Gasteiger partial charge >= 0.3 is 0 Å². The summed E-state index contributed by atoms with van der Waals surface area (Å²) >= 11 is 0. The van der Waals surface area contributed by atoms with E-state index in [2.05, 4.69) is 5.32 Å². The van der Waals surface area contributed by atoms with E-state index in [4.69, 9.17) is 5.73 Å². The molecule has 0 heterocycles. The average molecular weight is 166 g/mol. The van der Waals surface area contributed by atoms with Gasteiger partial charge in [0.15, 0.2) is 0 Å². The van der Waals surface area contributed by atoms with E-state index >= 15 is 0 Å². The van der Waals surface area contributed by atoms with E-state index in [1.54, 1.807) is 18.3 Å². The molecule has 1 aromatic rings. The lowest BCUT2D eigenvalue weighted by Crippen LogP contribution is -1.93. The van der Waals surface area contributed by atoms with Crippen LogP contribution in [0.4, 0.5) is 15.8 Å². The highest BCUT2D eigenvalue weighted by atomic mass is 19.1. The first-order valence-corrected chi connectivity index (χ1v) is 3.67. The Morgan fingerprint density at radius 3 is 2.83 bits per heavy atom. The van der Waals surface area contributed by atoms with Crippen LogP contribution < -0.4 is 11.1 Å². The smallest absolute Gasteiger partial charge is 0.146 e. The summed E-state index contributed by atoms with van der Waals surface area (Å²) in [6, 6.07) is 4.52. The van der Waals surface area contributed by atoms with E-state index in [-0.39, 0.29) is 11.5 Å². The summed E-state index contributed by atoms with van der Waals surface area (Å²) in [5.41, 5.74) is 6.29. The second-order valence-corrected chi connectivity index (χ2v) is 2.38. The van der Waals surface area contributed by atoms with E-state index in [1.165, 1.54) is 6.07 Å². The zero-order valence-electron chi connectivity index (χ0n) is 6.84. The van der Waals surface area contributed by atoms with Gasteiger partial charge in [-0.1, -0.05) is 6.08 Å². The molecule has 0 aliphatic carbocycles. The Hall–Kier alpha value is -1.51. The van der Waals surface area contributed by atoms with Gasteiger partial charge < -0.3 is 11.1 Å². The van der Waals surface area contributed by atoms with Gasteiger partial charge in [-0.05, 0) is 31.3 Å². The lowest BCUT2D eigenvalue weighted by molar-refractivity contribution is 0.633. The highest BCUT2D eigenvalue weighted by Crippen LogP contribution is 2.15. The van der Waals surface area contributed by atoms with Crippen LogP contribution in [0.3, 0.4) is 0 Å². The van der Waals surface area contributed by atoms with Gasteiger partial charge in [0.1, 0.15) is 5.82 Å². The van der Waals surface area contributed by atoms with Crippen molar-refractivity contribution in [3.05, 3.63) is 36.3 Å². The van der Waals surface area contributed by atoms with Gasteiger partial charge in [-0.25, -0.2) is 4.39 Å². The third-order valence-corrected chi connectivity index (χ3v) is 1.41. The van der Waals surface area contributed by atoms with Gasteiger partial charge in [0.2, 0.25) is 0 Å². The Morgan fingerprint density at radius 2 is 2.25 bits per heavy atom. The maximum absolute atomic E-state index is 12.7. The molecule has 0 spiro atoms. The van der Waals surface area contributed by atoms with Crippen LogP contribution in [-0.2, 0) is 0 Å². The van der Waals surface area contributed by atoms with Crippen LogP contribution in [0.15, 0.2) is 30.5 Å². The third kappa shape index (κ3) is 1.99. The van der Waals surface area contributed by atoms with Crippen molar-refractivity contribution in [3.8, 4) is 0 Å². The van der Waals surface area contributed by atoms with Crippen LogP contribution in [0, 0.1) is 5.82 Å². The maximum atomic E-state index is 12.7. The molecule has 1 rings (SSSR count). The van der Waals surface area contributed by atoms with Crippen LogP contribution in [0.2, 0.25) is 0 Å². The molecule has 0 aromatic heterocycles. The van der Waals surface area contributed by atoms with Gasteiger partial charge in [0, 0.05) is 5.69 Å². The van der Waals surface area contributed by atoms with E-state index in [0.29, 0.717) is 0 Å². The lowest BCUT2D eigenvalue weighted by Gasteiger charge is -2.01. The van der Waals surface area contributed by atoms with E-state index in [9.17, 15) is 4.39 Å². The first kappa shape index (κ1) is 8.59. The van der Waals surface area contributed by atoms with Crippen molar-refractivity contribution in [2.24, 2.45) is 0 Å². The lowest BCUT2D eigenvalue weighted by atomic mass is 10.3. The quantitative estimate of drug-likeness (QED) is 0.662. The number of nitrogens with one attached hydrogen (secondary N) is 1. The van der Waals surface area contributed by atoms with Crippen molar-refractivity contribution in [3.63, 3.8) is 0 Å². The summed E-state index contributed by atoms with van der Waals surface area (Å²) in [6.07, 6.45) is 3.60. The molecule has 0 saturated heterocycles. The van der Waals surface area contributed by atoms with Crippen molar-refractivity contribution in [1.82, 2.24) is 0 Å². The fourth-order valence-electron chi connectivity index (χ4n) is 0.813. The van der Waals surface area contributed by atoms with Gasteiger partial charge in [-0.15, -0.1) is 0 Å². The molecular weight excluding hydrogens is 155 g/mol. The Kier molecular flexibility index (Phi) is 2.69. The average Bonchev–Trinajstić information content (AvgIpc) is 2.07. The van der Waals surface area contributed by atoms with Gasteiger partial charge in [-0.2, -0.15) is 0 Å². The Bertz CT molecular complexity index is 295. The molecule has 0 aliphatic heterocycles. The normalized spacial score (nSPS) is 10.5. The molecular formula is C9H11FN2. The minimum Gasteiger partial charge on any atom is -0.396 e. The van der Waals surface area contributed by atoms with Crippen LogP contribution >= 0.6 is 0 Å². The monoisotopic (exact) mass is 166 g/mol. The van der Waals surface area contributed by atoms with E-state index in [1.807, 2.05) is 13.0 Å². The Balaban J connectivity index is 2.82. The topological polar surface area (TPSA) is 38.0 Å². The number of hydrogen-bond donors (Lipinski definition) is 2. The van der Waals surface area contributed by atoms with Crippen molar-refractivity contribution in [1.29, 1.82) is 0 Å². The summed E-state index contributed by atoms with van der Waals surface area (Å²) in [4.78, 5) is 0. The molecule has 0 bridgehead atoms. The molecule has 3 heteroatoms. The van der Waals surface area contributed by atoms with Crippen molar-refractivity contribution in [2.75, 3.05) is 11.1 Å². The molecule has 0 unspecified atom stereocenters. The Morgan fingerprint density at radius 1 is 1.50 bits per heavy atom. The number of hydrogen-bond acceptors (Lipinski definition) is 2. The summed E-state index contributed by atoms with van der Waals surface area (Å²) < 4.78 is 12.7. The predicted molar refractivity (Wildman–Crippen MR) is 49.2 cm³/mol. The minimum atomic E-state index is -0.388. The van der Waals surface area contributed by atoms with Gasteiger partial charge in [-0.3, -0.25) is 0 Å². The molecule has 64 valence electrons. The fourth-order valence-corrected chi connectivity index (χ4v) is 0.813. The molecule has 0 amide bonds. The van der Waals surface area contributed by atoms with Gasteiger partial charge in [0.05, 0.1) is 5.69 Å². The van der Waals surface area contributed by atoms with Crippen molar-refractivity contribution >= 4 is 11.4 Å². The van der Waals surface area contributed by atoms with E-state index in [0.717, 1.165) is 5.69 Å². The Labute approximate surface area is 70.9 Å². The second kappa shape index (κ2) is 3.76. The predicted octanol–water partition coefficient (Wildman–Crippen LogP) is 2.35. The number of rotatable bonds is 2. The first-order chi connectivity index (χ1) is 5.74. The third-order valence-electron chi connectivity index (χ3n) is 1.41. The van der Waals surface area contributed by atoms with E-state index < -0.39 is 0 Å². The largest absolute Gasteiger partial charge is 0.396 e. The molecule has 12 heavy (non-hydrogen) atoms. The fraction of sp³-hybridized carbons (Fsp3) is 0.111. The molecule has 0 saturated carbocycles. The number of allylic oxidation sites excluding steroid dienone is 1. The zero-order valence-corrected chi connectivity index (χ0v) is 6.84. The summed E-state index contributed by atoms with van der Waals surface area (Å²) in [6.45, 7) is 1.89. The SMILES string of the molecule is CC=CNc1ccc(F)c(N)c1. The van der Waals surface area contributed by atoms with Crippen molar-refractivity contribution in [2.45, 2.75) is 6.92 Å². The summed E-state index contributed by atoms with van der Waals surface area (Å²) in [5, 5.41) is 2.94. The number of nitrogen functional groups attached to an aromatic ring is 1. The second-order valence-electron chi connectivity index (χ2n) is 2.38. The number of nitrogens with two attached hydrogens (primary N) is 1. The van der Waals surface area contributed by atoms with Crippen molar-refractivity contribution < 1.29 is 4.39 Å². The highest BCUT2D eigenvalue weighted by molar-refractivity contribution is 5.56.